The van der Waals surface area contributed by atoms with Crippen molar-refractivity contribution < 1.29 is 4.79 Å². The number of rotatable bonds is 4. The van der Waals surface area contributed by atoms with Crippen LogP contribution in [0.5, 0.6) is 0 Å². The van der Waals surface area contributed by atoms with E-state index in [4.69, 9.17) is 5.73 Å². The minimum absolute atomic E-state index is 0.0675. The van der Waals surface area contributed by atoms with E-state index in [0.717, 1.165) is 21.7 Å². The fourth-order valence-electron chi connectivity index (χ4n) is 1.84. The van der Waals surface area contributed by atoms with Gasteiger partial charge in [-0.3, -0.25) is 4.79 Å². The van der Waals surface area contributed by atoms with E-state index in [2.05, 4.69) is 5.32 Å². The van der Waals surface area contributed by atoms with Gasteiger partial charge in [-0.15, -0.1) is 22.7 Å². The Morgan fingerprint density at radius 1 is 1.50 bits per heavy atom. The molecule has 0 fully saturated rings. The molecule has 0 atom stereocenters. The number of carbonyl (C=O) groups is 1. The molecule has 0 saturated carbocycles. The fourth-order valence-corrected chi connectivity index (χ4v) is 3.68. The maximum atomic E-state index is 12.2. The highest BCUT2D eigenvalue weighted by atomic mass is 32.1. The molecule has 1 amide bonds. The molecule has 3 nitrogen and oxygen atoms in total. The molecule has 3 N–H and O–H groups in total. The Labute approximate surface area is 115 Å². The topological polar surface area (TPSA) is 55.1 Å². The minimum atomic E-state index is -0.0675. The van der Waals surface area contributed by atoms with Crippen molar-refractivity contribution in [3.63, 3.8) is 0 Å². The first-order valence-electron chi connectivity index (χ1n) is 5.86. The van der Waals surface area contributed by atoms with Crippen molar-refractivity contribution in [2.75, 3.05) is 12.3 Å². The highest BCUT2D eigenvalue weighted by Gasteiger charge is 2.21. The summed E-state index contributed by atoms with van der Waals surface area (Å²) in [6.07, 6.45) is 0.920. The third kappa shape index (κ3) is 2.42. The van der Waals surface area contributed by atoms with Crippen molar-refractivity contribution in [2.45, 2.75) is 20.3 Å². The van der Waals surface area contributed by atoms with E-state index < -0.39 is 0 Å². The Morgan fingerprint density at radius 3 is 2.89 bits per heavy atom. The van der Waals surface area contributed by atoms with Gasteiger partial charge in [0.15, 0.2) is 0 Å². The van der Waals surface area contributed by atoms with Gasteiger partial charge in [0.1, 0.15) is 0 Å². The molecule has 0 bridgehead atoms. The number of anilines is 1. The second kappa shape index (κ2) is 5.54. The van der Waals surface area contributed by atoms with Crippen LogP contribution in [0.2, 0.25) is 0 Å². The first-order valence-corrected chi connectivity index (χ1v) is 7.55. The summed E-state index contributed by atoms with van der Waals surface area (Å²) in [5.74, 6) is -0.0675. The molecule has 2 heterocycles. The third-order valence-corrected chi connectivity index (χ3v) is 4.46. The molecule has 0 aliphatic rings. The van der Waals surface area contributed by atoms with Crippen LogP contribution >= 0.6 is 22.7 Å². The smallest absolute Gasteiger partial charge is 0.254 e. The fraction of sp³-hybridized carbons (Fsp3) is 0.308. The molecular formula is C13H16N2OS2. The number of aryl methyl sites for hydroxylation is 1. The predicted octanol–water partition coefficient (Wildman–Crippen LogP) is 3.51. The molecule has 0 radical (unpaired) electrons. The van der Waals surface area contributed by atoms with Crippen LogP contribution in [-0.4, -0.2) is 12.5 Å². The molecule has 5 heteroatoms. The molecule has 96 valence electrons. The van der Waals surface area contributed by atoms with Crippen molar-refractivity contribution >= 4 is 33.6 Å². The summed E-state index contributed by atoms with van der Waals surface area (Å²) in [7, 11) is 0. The normalized spacial score (nSPS) is 10.6. The van der Waals surface area contributed by atoms with Crippen LogP contribution in [0.15, 0.2) is 17.5 Å². The summed E-state index contributed by atoms with van der Waals surface area (Å²) in [4.78, 5) is 14.4. The van der Waals surface area contributed by atoms with Gasteiger partial charge in [-0.1, -0.05) is 13.0 Å². The number of thiophene rings is 2. The average molecular weight is 280 g/mol. The van der Waals surface area contributed by atoms with E-state index >= 15 is 0 Å². The number of nitrogens with one attached hydrogen (secondary N) is 1. The average Bonchev–Trinajstić information content (AvgIpc) is 2.93. The van der Waals surface area contributed by atoms with E-state index in [-0.39, 0.29) is 5.91 Å². The highest BCUT2D eigenvalue weighted by Crippen LogP contribution is 2.39. The second-order valence-electron chi connectivity index (χ2n) is 4.01. The van der Waals surface area contributed by atoms with Crippen LogP contribution in [-0.2, 0) is 0 Å². The zero-order valence-corrected chi connectivity index (χ0v) is 12.1. The Kier molecular flexibility index (Phi) is 4.04. The summed E-state index contributed by atoms with van der Waals surface area (Å²) in [6, 6.07) is 4.01. The van der Waals surface area contributed by atoms with Crippen molar-refractivity contribution in [2.24, 2.45) is 0 Å². The van der Waals surface area contributed by atoms with Crippen LogP contribution in [0.25, 0.3) is 10.4 Å². The third-order valence-electron chi connectivity index (χ3n) is 2.64. The van der Waals surface area contributed by atoms with Crippen LogP contribution in [0.3, 0.4) is 0 Å². The summed E-state index contributed by atoms with van der Waals surface area (Å²) >= 11 is 3.11. The predicted molar refractivity (Wildman–Crippen MR) is 79.4 cm³/mol. The Bertz CT molecular complexity index is 544. The summed E-state index contributed by atoms with van der Waals surface area (Å²) < 4.78 is 0. The van der Waals surface area contributed by atoms with Gasteiger partial charge < -0.3 is 11.1 Å². The van der Waals surface area contributed by atoms with Crippen LogP contribution in [0.1, 0.15) is 28.6 Å². The highest BCUT2D eigenvalue weighted by molar-refractivity contribution is 7.18. The number of hydrogen-bond acceptors (Lipinski definition) is 4. The van der Waals surface area contributed by atoms with Crippen molar-refractivity contribution in [1.82, 2.24) is 5.32 Å². The largest absolute Gasteiger partial charge is 0.390 e. The molecule has 0 saturated heterocycles. The summed E-state index contributed by atoms with van der Waals surface area (Å²) in [5, 5.41) is 5.51. The molecule has 2 aromatic rings. The first kappa shape index (κ1) is 13.1. The zero-order valence-electron chi connectivity index (χ0n) is 10.4. The molecule has 2 rings (SSSR count). The Morgan fingerprint density at radius 2 is 2.28 bits per heavy atom. The van der Waals surface area contributed by atoms with Gasteiger partial charge >= 0.3 is 0 Å². The Hall–Kier alpha value is -1.33. The van der Waals surface area contributed by atoms with Crippen LogP contribution < -0.4 is 11.1 Å². The van der Waals surface area contributed by atoms with Crippen molar-refractivity contribution in [1.29, 1.82) is 0 Å². The monoisotopic (exact) mass is 280 g/mol. The molecular weight excluding hydrogens is 264 g/mol. The van der Waals surface area contributed by atoms with Gasteiger partial charge in [-0.05, 0) is 24.8 Å². The lowest BCUT2D eigenvalue weighted by molar-refractivity contribution is 0.0955. The van der Waals surface area contributed by atoms with Crippen LogP contribution in [0.4, 0.5) is 5.00 Å². The number of nitrogen functional groups attached to an aromatic ring is 1. The summed E-state index contributed by atoms with van der Waals surface area (Å²) in [5.41, 5.74) is 7.60. The number of amides is 1. The lowest BCUT2D eigenvalue weighted by Crippen LogP contribution is -2.24. The van der Waals surface area contributed by atoms with E-state index in [9.17, 15) is 4.79 Å². The van der Waals surface area contributed by atoms with Gasteiger partial charge in [0, 0.05) is 21.9 Å². The molecule has 0 spiro atoms. The second-order valence-corrected chi connectivity index (χ2v) is 6.21. The van der Waals surface area contributed by atoms with Gasteiger partial charge in [0.25, 0.3) is 5.91 Å². The summed E-state index contributed by atoms with van der Waals surface area (Å²) in [6.45, 7) is 4.71. The maximum absolute atomic E-state index is 12.2. The van der Waals surface area contributed by atoms with Gasteiger partial charge in [0.2, 0.25) is 0 Å². The molecule has 18 heavy (non-hydrogen) atoms. The van der Waals surface area contributed by atoms with E-state index in [0.29, 0.717) is 17.1 Å². The number of nitrogens with two attached hydrogens (primary N) is 1. The molecule has 0 aromatic carbocycles. The molecule has 0 aliphatic carbocycles. The lowest BCUT2D eigenvalue weighted by atomic mass is 10.1. The number of hydrogen-bond donors (Lipinski definition) is 2. The van der Waals surface area contributed by atoms with Crippen molar-refractivity contribution in [3.8, 4) is 10.4 Å². The van der Waals surface area contributed by atoms with Gasteiger partial charge in [-0.2, -0.15) is 0 Å². The SMILES string of the molecule is CCCNC(=O)c1c(N)sc(C)c1-c1cccs1. The maximum Gasteiger partial charge on any atom is 0.254 e. The van der Waals surface area contributed by atoms with E-state index in [1.54, 1.807) is 11.3 Å². The molecule has 0 aliphatic heterocycles. The first-order chi connectivity index (χ1) is 8.65. The van der Waals surface area contributed by atoms with E-state index in [1.807, 2.05) is 31.4 Å². The van der Waals surface area contributed by atoms with Crippen molar-refractivity contribution in [3.05, 3.63) is 28.0 Å². The minimum Gasteiger partial charge on any atom is -0.390 e. The lowest BCUT2D eigenvalue weighted by Gasteiger charge is -2.06. The quantitative estimate of drug-likeness (QED) is 0.900. The van der Waals surface area contributed by atoms with E-state index in [1.165, 1.54) is 11.3 Å². The zero-order chi connectivity index (χ0) is 13.1. The Balaban J connectivity index is 2.43. The molecule has 2 aromatic heterocycles. The number of carbonyl (C=O) groups excluding carboxylic acids is 1. The molecule has 0 unspecified atom stereocenters. The van der Waals surface area contributed by atoms with Gasteiger partial charge in [-0.25, -0.2) is 0 Å². The standard InChI is InChI=1S/C13H16N2OS2/c1-3-6-15-13(16)11-10(8(2)18-12(11)14)9-5-4-7-17-9/h4-5,7H,3,6,14H2,1-2H3,(H,15,16). The van der Waals surface area contributed by atoms with Gasteiger partial charge in [0.05, 0.1) is 10.6 Å². The van der Waals surface area contributed by atoms with Crippen LogP contribution in [0, 0.1) is 6.92 Å².